The largest absolute Gasteiger partial charge is 0.345 e. The molecule has 4 heteroatoms. The summed E-state index contributed by atoms with van der Waals surface area (Å²) in [6.45, 7) is 6.41. The molecule has 1 heterocycles. The average molecular weight is 335 g/mol. The smallest absolute Gasteiger partial charge is 0.272 e. The van der Waals surface area contributed by atoms with Crippen molar-refractivity contribution in [3.8, 4) is 0 Å². The molecule has 0 radical (unpaired) electrons. The van der Waals surface area contributed by atoms with Crippen LogP contribution in [0.2, 0.25) is 0 Å². The molecule has 1 aromatic carbocycles. The number of hydrogen-bond donors (Lipinski definition) is 1. The first-order valence-electron chi connectivity index (χ1n) is 6.52. The van der Waals surface area contributed by atoms with Gasteiger partial charge in [-0.3, -0.25) is 4.79 Å². The highest BCUT2D eigenvalue weighted by molar-refractivity contribution is 9.10. The number of nitrogens with zero attached hydrogens (tertiary/aromatic N) is 1. The van der Waals surface area contributed by atoms with Crippen molar-refractivity contribution in [3.63, 3.8) is 0 Å². The molecule has 2 rings (SSSR count). The third kappa shape index (κ3) is 3.12. The van der Waals surface area contributed by atoms with Crippen molar-refractivity contribution >= 4 is 27.5 Å². The number of carbonyl (C=O) groups excluding carboxylic acids is 1. The summed E-state index contributed by atoms with van der Waals surface area (Å²) >= 11 is 3.38. The number of carbonyl (C=O) groups is 1. The molecule has 0 saturated carbocycles. The number of rotatable bonds is 2. The summed E-state index contributed by atoms with van der Waals surface area (Å²) in [5, 5.41) is 3.01. The van der Waals surface area contributed by atoms with Crippen LogP contribution in [-0.2, 0) is 12.5 Å². The van der Waals surface area contributed by atoms with Gasteiger partial charge < -0.3 is 9.88 Å². The maximum Gasteiger partial charge on any atom is 0.272 e. The van der Waals surface area contributed by atoms with Gasteiger partial charge >= 0.3 is 0 Å². The molecule has 106 valence electrons. The Morgan fingerprint density at radius 1 is 1.25 bits per heavy atom. The molecule has 0 saturated heterocycles. The number of halogens is 1. The monoisotopic (exact) mass is 334 g/mol. The summed E-state index contributed by atoms with van der Waals surface area (Å²) in [6, 6.07) is 9.74. The molecule has 3 nitrogen and oxygen atoms in total. The van der Waals surface area contributed by atoms with Gasteiger partial charge in [0.15, 0.2) is 0 Å². The number of para-hydroxylation sites is 1. The van der Waals surface area contributed by atoms with Crippen molar-refractivity contribution in [2.75, 3.05) is 5.32 Å². The second-order valence-corrected chi connectivity index (χ2v) is 6.82. The summed E-state index contributed by atoms with van der Waals surface area (Å²) in [4.78, 5) is 12.4. The summed E-state index contributed by atoms with van der Waals surface area (Å²) in [5.74, 6) is -0.102. The Morgan fingerprint density at radius 2 is 1.90 bits per heavy atom. The number of aromatic nitrogens is 1. The maximum absolute atomic E-state index is 12.4. The Morgan fingerprint density at radius 3 is 2.45 bits per heavy atom. The van der Waals surface area contributed by atoms with Crippen molar-refractivity contribution in [1.82, 2.24) is 4.57 Å². The Balaban J connectivity index is 2.31. The van der Waals surface area contributed by atoms with Crippen molar-refractivity contribution in [1.29, 1.82) is 0 Å². The van der Waals surface area contributed by atoms with E-state index in [1.807, 2.05) is 37.5 Å². The van der Waals surface area contributed by atoms with E-state index in [0.717, 1.165) is 15.7 Å². The quantitative estimate of drug-likeness (QED) is 0.870. The standard InChI is InChI=1S/C16H19BrN2O/c1-16(2,3)12-7-5-6-8-13(12)18-15(20)14-9-11(17)10-19(14)4/h5-10H,1-4H3,(H,18,20). The van der Waals surface area contributed by atoms with Crippen LogP contribution >= 0.6 is 15.9 Å². The number of benzene rings is 1. The summed E-state index contributed by atoms with van der Waals surface area (Å²) in [6.07, 6.45) is 1.87. The van der Waals surface area contributed by atoms with Gasteiger partial charge in [-0.05, 0) is 39.0 Å². The lowest BCUT2D eigenvalue weighted by Gasteiger charge is -2.23. The van der Waals surface area contributed by atoms with Crippen LogP contribution in [0.3, 0.4) is 0 Å². The minimum atomic E-state index is -0.102. The third-order valence-electron chi connectivity index (χ3n) is 3.19. The molecule has 0 aliphatic carbocycles. The molecule has 2 aromatic rings. The number of anilines is 1. The molecule has 0 spiro atoms. The molecular weight excluding hydrogens is 316 g/mol. The van der Waals surface area contributed by atoms with Gasteiger partial charge in [0, 0.05) is 23.4 Å². The Bertz CT molecular complexity index is 638. The van der Waals surface area contributed by atoms with Crippen molar-refractivity contribution in [2.24, 2.45) is 7.05 Å². The first-order valence-corrected chi connectivity index (χ1v) is 7.31. The molecule has 0 unspecified atom stereocenters. The molecule has 0 atom stereocenters. The number of hydrogen-bond acceptors (Lipinski definition) is 1. The highest BCUT2D eigenvalue weighted by Gasteiger charge is 2.19. The molecule has 0 bridgehead atoms. The average Bonchev–Trinajstić information content (AvgIpc) is 2.68. The van der Waals surface area contributed by atoms with Crippen LogP contribution in [-0.4, -0.2) is 10.5 Å². The second kappa shape index (κ2) is 5.44. The molecule has 0 aliphatic heterocycles. The highest BCUT2D eigenvalue weighted by atomic mass is 79.9. The van der Waals surface area contributed by atoms with Crippen LogP contribution in [0.15, 0.2) is 41.0 Å². The minimum absolute atomic E-state index is 0.0152. The Hall–Kier alpha value is -1.55. The lowest BCUT2D eigenvalue weighted by Crippen LogP contribution is -2.20. The predicted octanol–water partition coefficient (Wildman–Crippen LogP) is 4.34. The fourth-order valence-corrected chi connectivity index (χ4v) is 2.71. The van der Waals surface area contributed by atoms with Crippen molar-refractivity contribution < 1.29 is 4.79 Å². The van der Waals surface area contributed by atoms with Gasteiger partial charge in [0.2, 0.25) is 0 Å². The Labute approximate surface area is 128 Å². The van der Waals surface area contributed by atoms with Gasteiger partial charge in [-0.2, -0.15) is 0 Å². The molecule has 0 fully saturated rings. The third-order valence-corrected chi connectivity index (χ3v) is 3.62. The van der Waals surface area contributed by atoms with Gasteiger partial charge in [-0.25, -0.2) is 0 Å². The zero-order valence-corrected chi connectivity index (χ0v) is 13.8. The van der Waals surface area contributed by atoms with Crippen molar-refractivity contribution in [2.45, 2.75) is 26.2 Å². The zero-order chi connectivity index (χ0) is 14.9. The van der Waals surface area contributed by atoms with E-state index >= 15 is 0 Å². The number of amides is 1. The molecule has 1 amide bonds. The van der Waals surface area contributed by atoms with Crippen LogP contribution in [0.1, 0.15) is 36.8 Å². The zero-order valence-electron chi connectivity index (χ0n) is 12.2. The van der Waals surface area contributed by atoms with E-state index in [1.54, 1.807) is 4.57 Å². The molecular formula is C16H19BrN2O. The summed E-state index contributed by atoms with van der Waals surface area (Å²) in [7, 11) is 1.86. The van der Waals surface area contributed by atoms with E-state index in [9.17, 15) is 4.79 Å². The van der Waals surface area contributed by atoms with Crippen LogP contribution < -0.4 is 5.32 Å². The van der Waals surface area contributed by atoms with E-state index in [2.05, 4.69) is 48.1 Å². The highest BCUT2D eigenvalue weighted by Crippen LogP contribution is 2.29. The first kappa shape index (κ1) is 14.9. The number of aryl methyl sites for hydroxylation is 1. The van der Waals surface area contributed by atoms with Crippen LogP contribution in [0.25, 0.3) is 0 Å². The fourth-order valence-electron chi connectivity index (χ4n) is 2.18. The minimum Gasteiger partial charge on any atom is -0.345 e. The molecule has 0 aliphatic rings. The molecule has 1 N–H and O–H groups in total. The topological polar surface area (TPSA) is 34.0 Å². The lowest BCUT2D eigenvalue weighted by molar-refractivity contribution is 0.101. The van der Waals surface area contributed by atoms with Crippen molar-refractivity contribution in [3.05, 3.63) is 52.3 Å². The normalized spacial score (nSPS) is 11.4. The van der Waals surface area contributed by atoms with Gasteiger partial charge in [-0.1, -0.05) is 39.0 Å². The molecule has 1 aromatic heterocycles. The van der Waals surface area contributed by atoms with Crippen LogP contribution in [0.5, 0.6) is 0 Å². The second-order valence-electron chi connectivity index (χ2n) is 5.90. The van der Waals surface area contributed by atoms with Gasteiger partial charge in [-0.15, -0.1) is 0 Å². The molecule has 20 heavy (non-hydrogen) atoms. The maximum atomic E-state index is 12.4. The van der Waals surface area contributed by atoms with E-state index in [1.165, 1.54) is 0 Å². The predicted molar refractivity (Wildman–Crippen MR) is 86.2 cm³/mol. The van der Waals surface area contributed by atoms with E-state index in [0.29, 0.717) is 5.69 Å². The summed E-state index contributed by atoms with van der Waals surface area (Å²) < 4.78 is 2.70. The van der Waals surface area contributed by atoms with Gasteiger partial charge in [0.1, 0.15) is 5.69 Å². The summed E-state index contributed by atoms with van der Waals surface area (Å²) in [5.41, 5.74) is 2.60. The first-order chi connectivity index (χ1) is 9.29. The lowest BCUT2D eigenvalue weighted by atomic mass is 9.86. The Kier molecular flexibility index (Phi) is 4.04. The van der Waals surface area contributed by atoms with E-state index in [-0.39, 0.29) is 11.3 Å². The number of nitrogens with one attached hydrogen (secondary N) is 1. The SMILES string of the molecule is Cn1cc(Br)cc1C(=O)Nc1ccccc1C(C)(C)C. The van der Waals surface area contributed by atoms with Gasteiger partial charge in [0.05, 0.1) is 0 Å². The van der Waals surface area contributed by atoms with E-state index < -0.39 is 0 Å². The fraction of sp³-hybridized carbons (Fsp3) is 0.312. The van der Waals surface area contributed by atoms with Crippen LogP contribution in [0.4, 0.5) is 5.69 Å². The van der Waals surface area contributed by atoms with Gasteiger partial charge in [0.25, 0.3) is 5.91 Å². The van der Waals surface area contributed by atoms with E-state index in [4.69, 9.17) is 0 Å². The van der Waals surface area contributed by atoms with Crippen LogP contribution in [0, 0.1) is 0 Å².